The molecule has 5 rings (SSSR count). The van der Waals surface area contributed by atoms with Gasteiger partial charge in [0.1, 0.15) is 29.4 Å². The Kier molecular flexibility index (Phi) is 5.37. The summed E-state index contributed by atoms with van der Waals surface area (Å²) in [6, 6.07) is 3.60. The lowest BCUT2D eigenvalue weighted by Gasteiger charge is -2.46. The molecule has 3 heterocycles. The number of nitrogens with zero attached hydrogens (tertiary/aromatic N) is 5. The molecule has 0 spiro atoms. The molecule has 6 nitrogen and oxygen atoms in total. The fourth-order valence-corrected chi connectivity index (χ4v) is 5.01. The molecule has 1 saturated heterocycles. The second kappa shape index (κ2) is 8.03. The number of aromatic nitrogens is 3. The van der Waals surface area contributed by atoms with E-state index in [2.05, 4.69) is 23.7 Å². The maximum atomic E-state index is 14.0. The van der Waals surface area contributed by atoms with Gasteiger partial charge in [0.2, 0.25) is 5.91 Å². The van der Waals surface area contributed by atoms with Gasteiger partial charge in [0.25, 0.3) is 0 Å². The average Bonchev–Trinajstić information content (AvgIpc) is 3.53. The summed E-state index contributed by atoms with van der Waals surface area (Å²) in [5.41, 5.74) is 1.73. The van der Waals surface area contributed by atoms with Crippen molar-refractivity contribution >= 4 is 22.8 Å². The summed E-state index contributed by atoms with van der Waals surface area (Å²) in [6.07, 6.45) is 5.63. The van der Waals surface area contributed by atoms with Gasteiger partial charge in [-0.05, 0) is 50.3 Å². The Hall–Kier alpha value is -3.03. The summed E-state index contributed by atoms with van der Waals surface area (Å²) in [4.78, 5) is 26.5. The van der Waals surface area contributed by atoms with E-state index in [-0.39, 0.29) is 18.0 Å². The van der Waals surface area contributed by atoms with Crippen molar-refractivity contribution < 1.29 is 13.6 Å². The van der Waals surface area contributed by atoms with Crippen molar-refractivity contribution in [3.05, 3.63) is 47.9 Å². The molecule has 0 N–H and O–H groups in total. The van der Waals surface area contributed by atoms with E-state index in [4.69, 9.17) is 4.98 Å². The molecule has 1 saturated carbocycles. The molecule has 2 aliphatic rings. The molecule has 3 aromatic rings. The van der Waals surface area contributed by atoms with Crippen LogP contribution in [-0.4, -0.2) is 50.5 Å². The molecular weight excluding hydrogens is 436 g/mol. The number of hydrogen-bond acceptors (Lipinski definition) is 4. The first-order chi connectivity index (χ1) is 16.0. The highest BCUT2D eigenvalue weighted by atomic mass is 19.1. The van der Waals surface area contributed by atoms with Crippen LogP contribution in [0.2, 0.25) is 0 Å². The third-order valence-corrected chi connectivity index (χ3v) is 6.90. The molecule has 1 aliphatic carbocycles. The van der Waals surface area contributed by atoms with Crippen LogP contribution in [0.3, 0.4) is 0 Å². The number of carbonyl (C=O) groups is 1. The number of amides is 1. The lowest BCUT2D eigenvalue weighted by Crippen LogP contribution is -2.60. The molecule has 0 bridgehead atoms. The smallest absolute Gasteiger partial charge is 0.228 e. The van der Waals surface area contributed by atoms with Crippen molar-refractivity contribution in [2.24, 2.45) is 5.41 Å². The largest absolute Gasteiger partial charge is 0.349 e. The summed E-state index contributed by atoms with van der Waals surface area (Å²) in [6.45, 7) is 11.3. The topological polar surface area (TPSA) is 54.3 Å². The minimum absolute atomic E-state index is 0.0247. The van der Waals surface area contributed by atoms with Gasteiger partial charge in [0.05, 0.1) is 11.1 Å². The Morgan fingerprint density at radius 2 is 1.68 bits per heavy atom. The van der Waals surface area contributed by atoms with E-state index in [1.165, 1.54) is 18.5 Å². The normalized spacial score (nSPS) is 21.4. The van der Waals surface area contributed by atoms with E-state index in [0.29, 0.717) is 30.3 Å². The van der Waals surface area contributed by atoms with Crippen molar-refractivity contribution in [1.29, 1.82) is 0 Å². The monoisotopic (exact) mass is 467 g/mol. The van der Waals surface area contributed by atoms with Crippen molar-refractivity contribution in [2.75, 3.05) is 18.0 Å². The minimum Gasteiger partial charge on any atom is -0.349 e. The van der Waals surface area contributed by atoms with Crippen LogP contribution in [0.25, 0.3) is 16.7 Å². The third-order valence-electron chi connectivity index (χ3n) is 6.90. The Bertz CT molecular complexity index is 1240. The minimum atomic E-state index is -0.624. The first kappa shape index (κ1) is 22.7. The zero-order chi connectivity index (χ0) is 24.4. The van der Waals surface area contributed by atoms with E-state index >= 15 is 0 Å². The van der Waals surface area contributed by atoms with Crippen LogP contribution in [0.5, 0.6) is 0 Å². The summed E-state index contributed by atoms with van der Waals surface area (Å²) in [7, 11) is 0. The highest BCUT2D eigenvalue weighted by Crippen LogP contribution is 2.46. The van der Waals surface area contributed by atoms with Gasteiger partial charge in [-0.25, -0.2) is 18.7 Å². The molecule has 180 valence electrons. The standard InChI is InChI=1S/C26H31F2N5O/c1-15-12-32(25(34)26(3,4)5)16(2)11-31(15)23-22-21(17-6-7-17)13-33(24(22)30-14-29-23)20-9-18(27)8-19(28)10-20/h8-10,13-17H,6-7,11-12H2,1-5H3/t15-,16+/m0/s1. The third kappa shape index (κ3) is 3.93. The van der Waals surface area contributed by atoms with Gasteiger partial charge in [-0.2, -0.15) is 0 Å². The molecule has 1 amide bonds. The van der Waals surface area contributed by atoms with Crippen molar-refractivity contribution in [3.8, 4) is 5.69 Å². The number of benzene rings is 1. The van der Waals surface area contributed by atoms with Gasteiger partial charge in [0.15, 0.2) is 0 Å². The molecule has 8 heteroatoms. The molecular formula is C26H31F2N5O. The highest BCUT2D eigenvalue weighted by molar-refractivity contribution is 5.93. The number of carbonyl (C=O) groups excluding carboxylic acids is 1. The van der Waals surface area contributed by atoms with Gasteiger partial charge in [-0.1, -0.05) is 20.8 Å². The predicted molar refractivity (Wildman–Crippen MR) is 128 cm³/mol. The van der Waals surface area contributed by atoms with E-state index < -0.39 is 17.0 Å². The number of halogens is 2. The van der Waals surface area contributed by atoms with Crippen molar-refractivity contribution in [1.82, 2.24) is 19.4 Å². The Morgan fingerprint density at radius 3 is 2.29 bits per heavy atom. The van der Waals surface area contributed by atoms with Gasteiger partial charge < -0.3 is 14.4 Å². The molecule has 0 unspecified atom stereocenters. The fraction of sp³-hybridized carbons (Fsp3) is 0.500. The Labute approximate surface area is 198 Å². The number of hydrogen-bond donors (Lipinski definition) is 0. The van der Waals surface area contributed by atoms with E-state index in [9.17, 15) is 13.6 Å². The maximum Gasteiger partial charge on any atom is 0.228 e. The fourth-order valence-electron chi connectivity index (χ4n) is 5.01. The maximum absolute atomic E-state index is 14.0. The van der Waals surface area contributed by atoms with Gasteiger partial charge >= 0.3 is 0 Å². The van der Waals surface area contributed by atoms with Gasteiger partial charge in [-0.15, -0.1) is 0 Å². The van der Waals surface area contributed by atoms with Crippen LogP contribution in [0.15, 0.2) is 30.7 Å². The molecule has 34 heavy (non-hydrogen) atoms. The molecule has 2 atom stereocenters. The van der Waals surface area contributed by atoms with E-state index in [0.717, 1.165) is 35.7 Å². The van der Waals surface area contributed by atoms with Crippen LogP contribution < -0.4 is 4.90 Å². The number of piperazine rings is 1. The Balaban J connectivity index is 1.59. The first-order valence-corrected chi connectivity index (χ1v) is 11.9. The van der Waals surface area contributed by atoms with Crippen molar-refractivity contribution in [3.63, 3.8) is 0 Å². The molecule has 1 aliphatic heterocycles. The number of fused-ring (bicyclic) bond motifs is 1. The van der Waals surface area contributed by atoms with Crippen LogP contribution >= 0.6 is 0 Å². The summed E-state index contributed by atoms with van der Waals surface area (Å²) in [5, 5.41) is 0.935. The highest BCUT2D eigenvalue weighted by Gasteiger charge is 2.38. The quantitative estimate of drug-likeness (QED) is 0.541. The first-order valence-electron chi connectivity index (χ1n) is 11.9. The second-order valence-electron chi connectivity index (χ2n) is 10.8. The number of anilines is 1. The lowest BCUT2D eigenvalue weighted by atomic mass is 9.92. The predicted octanol–water partition coefficient (Wildman–Crippen LogP) is 5.05. The van der Waals surface area contributed by atoms with E-state index in [1.54, 1.807) is 4.57 Å². The second-order valence-corrected chi connectivity index (χ2v) is 10.8. The zero-order valence-electron chi connectivity index (χ0n) is 20.3. The van der Waals surface area contributed by atoms with Crippen LogP contribution in [0, 0.1) is 17.0 Å². The zero-order valence-corrected chi connectivity index (χ0v) is 20.3. The number of rotatable bonds is 3. The summed E-state index contributed by atoms with van der Waals surface area (Å²) >= 11 is 0. The molecule has 2 fully saturated rings. The Morgan fingerprint density at radius 1 is 1.00 bits per heavy atom. The molecule has 2 aromatic heterocycles. The van der Waals surface area contributed by atoms with Gasteiger partial charge in [-0.3, -0.25) is 4.79 Å². The molecule has 1 aromatic carbocycles. The molecule has 0 radical (unpaired) electrons. The SMILES string of the molecule is C[C@@H]1CN(c2ncnc3c2c(C2CC2)cn3-c2cc(F)cc(F)c2)[C@@H](C)CN1C(=O)C(C)(C)C. The van der Waals surface area contributed by atoms with Gasteiger partial charge in [0, 0.05) is 42.9 Å². The van der Waals surface area contributed by atoms with Crippen LogP contribution in [0.1, 0.15) is 58.9 Å². The van der Waals surface area contributed by atoms with E-state index in [1.807, 2.05) is 31.9 Å². The lowest BCUT2D eigenvalue weighted by molar-refractivity contribution is -0.142. The van der Waals surface area contributed by atoms with Crippen molar-refractivity contribution in [2.45, 2.75) is 65.5 Å². The van der Waals surface area contributed by atoms with Crippen LogP contribution in [-0.2, 0) is 4.79 Å². The van der Waals surface area contributed by atoms with Crippen LogP contribution in [0.4, 0.5) is 14.6 Å². The average molecular weight is 468 g/mol. The summed E-state index contributed by atoms with van der Waals surface area (Å²) < 4.78 is 29.8. The summed E-state index contributed by atoms with van der Waals surface area (Å²) in [5.74, 6) is 0.118.